The molecule has 18 heavy (non-hydrogen) atoms. The Labute approximate surface area is 107 Å². The lowest BCUT2D eigenvalue weighted by atomic mass is 10.2. The number of pyridine rings is 1. The minimum Gasteiger partial charge on any atom is -0.383 e. The van der Waals surface area contributed by atoms with Crippen LogP contribution >= 0.6 is 0 Å². The number of amides is 1. The number of rotatable bonds is 5. The van der Waals surface area contributed by atoms with Crippen molar-refractivity contribution in [2.24, 2.45) is 11.7 Å². The molecule has 3 N–H and O–H groups in total. The maximum Gasteiger partial charge on any atom is 0.272 e. The molecule has 2 rings (SSSR count). The van der Waals surface area contributed by atoms with Crippen molar-refractivity contribution in [2.45, 2.75) is 18.9 Å². The standard InChI is InChI=1S/C13H20N4O/c1-17(2)13(18)12-7-10(5-6-15-12)16-8-11(14)9-3-4-9/h5-7,9,11H,3-4,8,14H2,1-2H3,(H,15,16). The normalized spacial score (nSPS) is 16.2. The molecule has 1 aliphatic carbocycles. The van der Waals surface area contributed by atoms with Gasteiger partial charge in [-0.15, -0.1) is 0 Å². The van der Waals surface area contributed by atoms with Gasteiger partial charge in [-0.3, -0.25) is 9.78 Å². The molecule has 1 fully saturated rings. The van der Waals surface area contributed by atoms with Crippen molar-refractivity contribution >= 4 is 11.6 Å². The highest BCUT2D eigenvalue weighted by molar-refractivity contribution is 5.92. The first-order chi connectivity index (χ1) is 8.58. The monoisotopic (exact) mass is 248 g/mol. The second-order valence-corrected chi connectivity index (χ2v) is 5.01. The lowest BCUT2D eigenvalue weighted by molar-refractivity contribution is 0.0822. The summed E-state index contributed by atoms with van der Waals surface area (Å²) in [5, 5.41) is 3.26. The molecule has 0 aliphatic heterocycles. The lowest BCUT2D eigenvalue weighted by Crippen LogP contribution is -2.31. The summed E-state index contributed by atoms with van der Waals surface area (Å²) in [5.74, 6) is 0.576. The SMILES string of the molecule is CN(C)C(=O)c1cc(NCC(N)C2CC2)ccn1. The Morgan fingerprint density at radius 2 is 2.33 bits per heavy atom. The van der Waals surface area contributed by atoms with Crippen molar-refractivity contribution in [1.29, 1.82) is 0 Å². The zero-order valence-electron chi connectivity index (χ0n) is 10.9. The van der Waals surface area contributed by atoms with Gasteiger partial charge in [0, 0.05) is 38.6 Å². The molecule has 0 bridgehead atoms. The molecule has 0 saturated heterocycles. The topological polar surface area (TPSA) is 71.2 Å². The second kappa shape index (κ2) is 5.35. The highest BCUT2D eigenvalue weighted by atomic mass is 16.2. The summed E-state index contributed by atoms with van der Waals surface area (Å²) in [5.41, 5.74) is 7.36. The highest BCUT2D eigenvalue weighted by Gasteiger charge is 2.28. The number of carbonyl (C=O) groups excluding carboxylic acids is 1. The Bertz CT molecular complexity index is 429. The summed E-state index contributed by atoms with van der Waals surface area (Å²) < 4.78 is 0. The maximum absolute atomic E-state index is 11.8. The quantitative estimate of drug-likeness (QED) is 0.813. The highest BCUT2D eigenvalue weighted by Crippen LogP contribution is 2.31. The maximum atomic E-state index is 11.8. The van der Waals surface area contributed by atoms with Gasteiger partial charge in [0.05, 0.1) is 0 Å². The first-order valence-electron chi connectivity index (χ1n) is 6.25. The molecule has 5 heteroatoms. The Balaban J connectivity index is 1.96. The summed E-state index contributed by atoms with van der Waals surface area (Å²) >= 11 is 0. The predicted molar refractivity (Wildman–Crippen MR) is 71.4 cm³/mol. The van der Waals surface area contributed by atoms with E-state index in [1.54, 1.807) is 26.4 Å². The van der Waals surface area contributed by atoms with Crippen molar-refractivity contribution in [3.8, 4) is 0 Å². The van der Waals surface area contributed by atoms with Crippen molar-refractivity contribution in [2.75, 3.05) is 26.0 Å². The van der Waals surface area contributed by atoms with E-state index in [9.17, 15) is 4.79 Å². The Kier molecular flexibility index (Phi) is 3.81. The molecule has 1 heterocycles. The van der Waals surface area contributed by atoms with Crippen LogP contribution in [0.1, 0.15) is 23.3 Å². The van der Waals surface area contributed by atoms with Crippen molar-refractivity contribution in [1.82, 2.24) is 9.88 Å². The summed E-state index contributed by atoms with van der Waals surface area (Å²) in [4.78, 5) is 17.4. The molecule has 0 aromatic carbocycles. The summed E-state index contributed by atoms with van der Waals surface area (Å²) in [6, 6.07) is 3.82. The van der Waals surface area contributed by atoms with E-state index in [4.69, 9.17) is 5.73 Å². The molecule has 1 aromatic rings. The largest absolute Gasteiger partial charge is 0.383 e. The zero-order valence-corrected chi connectivity index (χ0v) is 10.9. The van der Waals surface area contributed by atoms with Crippen LogP contribution in [0.2, 0.25) is 0 Å². The number of anilines is 1. The fourth-order valence-corrected chi connectivity index (χ4v) is 1.81. The molecule has 1 aliphatic rings. The van der Waals surface area contributed by atoms with Gasteiger partial charge < -0.3 is 16.0 Å². The van der Waals surface area contributed by atoms with Crippen LogP contribution in [-0.2, 0) is 0 Å². The first kappa shape index (κ1) is 12.8. The molecule has 5 nitrogen and oxygen atoms in total. The number of nitrogens with zero attached hydrogens (tertiary/aromatic N) is 2. The molecule has 0 radical (unpaired) electrons. The number of nitrogens with one attached hydrogen (secondary N) is 1. The van der Waals surface area contributed by atoms with Crippen LogP contribution in [-0.4, -0.2) is 42.5 Å². The van der Waals surface area contributed by atoms with Crippen LogP contribution < -0.4 is 11.1 Å². The van der Waals surface area contributed by atoms with Gasteiger partial charge in [0.1, 0.15) is 5.69 Å². The van der Waals surface area contributed by atoms with E-state index in [0.717, 1.165) is 12.2 Å². The Morgan fingerprint density at radius 3 is 2.94 bits per heavy atom. The number of hydrogen-bond acceptors (Lipinski definition) is 4. The number of hydrogen-bond donors (Lipinski definition) is 2. The van der Waals surface area contributed by atoms with E-state index in [1.165, 1.54) is 17.7 Å². The molecular formula is C13H20N4O. The minimum absolute atomic E-state index is 0.0925. The van der Waals surface area contributed by atoms with E-state index in [-0.39, 0.29) is 11.9 Å². The molecule has 0 spiro atoms. The second-order valence-electron chi connectivity index (χ2n) is 5.01. The van der Waals surface area contributed by atoms with Gasteiger partial charge in [-0.25, -0.2) is 0 Å². The predicted octanol–water partition coefficient (Wildman–Crippen LogP) is 0.933. The molecular weight excluding hydrogens is 228 g/mol. The zero-order chi connectivity index (χ0) is 13.1. The fraction of sp³-hybridized carbons (Fsp3) is 0.538. The minimum atomic E-state index is -0.0925. The first-order valence-corrected chi connectivity index (χ1v) is 6.25. The molecule has 98 valence electrons. The van der Waals surface area contributed by atoms with Gasteiger partial charge in [-0.05, 0) is 30.9 Å². The Hall–Kier alpha value is -1.62. The number of carbonyl (C=O) groups is 1. The lowest BCUT2D eigenvalue weighted by Gasteiger charge is -2.14. The van der Waals surface area contributed by atoms with Crippen molar-refractivity contribution in [3.05, 3.63) is 24.0 Å². The van der Waals surface area contributed by atoms with Gasteiger partial charge in [-0.1, -0.05) is 0 Å². The molecule has 1 saturated carbocycles. The number of aromatic nitrogens is 1. The van der Waals surface area contributed by atoms with Gasteiger partial charge in [0.25, 0.3) is 5.91 Å². The fourth-order valence-electron chi connectivity index (χ4n) is 1.81. The van der Waals surface area contributed by atoms with Crippen LogP contribution in [0.4, 0.5) is 5.69 Å². The van der Waals surface area contributed by atoms with Crippen LogP contribution in [0.3, 0.4) is 0 Å². The van der Waals surface area contributed by atoms with Crippen LogP contribution in [0.5, 0.6) is 0 Å². The van der Waals surface area contributed by atoms with Gasteiger partial charge in [-0.2, -0.15) is 0 Å². The van der Waals surface area contributed by atoms with Gasteiger partial charge in [0.2, 0.25) is 0 Å². The van der Waals surface area contributed by atoms with E-state index in [2.05, 4.69) is 10.3 Å². The molecule has 1 unspecified atom stereocenters. The van der Waals surface area contributed by atoms with Crippen LogP contribution in [0, 0.1) is 5.92 Å². The number of nitrogens with two attached hydrogens (primary N) is 1. The molecule has 1 amide bonds. The van der Waals surface area contributed by atoms with Crippen LogP contribution in [0.15, 0.2) is 18.3 Å². The Morgan fingerprint density at radius 1 is 1.61 bits per heavy atom. The van der Waals surface area contributed by atoms with E-state index >= 15 is 0 Å². The third kappa shape index (κ3) is 3.20. The summed E-state index contributed by atoms with van der Waals surface area (Å²) in [6.45, 7) is 0.740. The third-order valence-electron chi connectivity index (χ3n) is 3.15. The smallest absolute Gasteiger partial charge is 0.272 e. The molecule has 1 aromatic heterocycles. The van der Waals surface area contributed by atoms with Crippen molar-refractivity contribution < 1.29 is 4.79 Å². The average molecular weight is 248 g/mol. The van der Waals surface area contributed by atoms with E-state index in [1.807, 2.05) is 6.07 Å². The summed E-state index contributed by atoms with van der Waals surface area (Å²) in [6.07, 6.45) is 4.12. The molecule has 1 atom stereocenters. The summed E-state index contributed by atoms with van der Waals surface area (Å²) in [7, 11) is 3.43. The van der Waals surface area contributed by atoms with Crippen molar-refractivity contribution in [3.63, 3.8) is 0 Å². The van der Waals surface area contributed by atoms with Gasteiger partial charge >= 0.3 is 0 Å². The van der Waals surface area contributed by atoms with Gasteiger partial charge in [0.15, 0.2) is 0 Å². The van der Waals surface area contributed by atoms with E-state index < -0.39 is 0 Å². The van der Waals surface area contributed by atoms with E-state index in [0.29, 0.717) is 11.6 Å². The third-order valence-corrected chi connectivity index (χ3v) is 3.15. The van der Waals surface area contributed by atoms with Crippen LogP contribution in [0.25, 0.3) is 0 Å². The average Bonchev–Trinajstić information content (AvgIpc) is 3.19.